The van der Waals surface area contributed by atoms with E-state index in [4.69, 9.17) is 0 Å². The van der Waals surface area contributed by atoms with Gasteiger partial charge in [0.2, 0.25) is 0 Å². The van der Waals surface area contributed by atoms with Crippen LogP contribution in [0.2, 0.25) is 0 Å². The third-order valence-corrected chi connectivity index (χ3v) is 3.53. The Morgan fingerprint density at radius 3 is 3.21 bits per heavy atom. The van der Waals surface area contributed by atoms with Crippen molar-refractivity contribution in [2.75, 3.05) is 24.5 Å². The molecule has 3 rings (SSSR count). The fraction of sp³-hybridized carbons (Fsp3) is 0.667. The molecule has 1 N–H and O–H groups in total. The molecular weight excluding hydrogens is 242 g/mol. The first-order valence-electron chi connectivity index (χ1n) is 6.91. The normalized spacial score (nSPS) is 19.7. The van der Waals surface area contributed by atoms with Gasteiger partial charge in [-0.2, -0.15) is 0 Å². The van der Waals surface area contributed by atoms with Crippen LogP contribution < -0.4 is 10.2 Å². The minimum atomic E-state index is 0.509. The Hall–Kier alpha value is -1.76. The van der Waals surface area contributed by atoms with E-state index < -0.39 is 0 Å². The zero-order valence-electron chi connectivity index (χ0n) is 11.2. The van der Waals surface area contributed by atoms with Gasteiger partial charge in [-0.3, -0.25) is 0 Å². The second kappa shape index (κ2) is 5.48. The maximum absolute atomic E-state index is 4.51. The summed E-state index contributed by atoms with van der Waals surface area (Å²) >= 11 is 0. The van der Waals surface area contributed by atoms with E-state index in [0.717, 1.165) is 31.9 Å². The van der Waals surface area contributed by atoms with Crippen LogP contribution in [0.1, 0.15) is 26.2 Å². The van der Waals surface area contributed by atoms with Gasteiger partial charge >= 0.3 is 0 Å². The fourth-order valence-corrected chi connectivity index (χ4v) is 2.62. The van der Waals surface area contributed by atoms with Crippen LogP contribution in [-0.2, 0) is 0 Å². The summed E-state index contributed by atoms with van der Waals surface area (Å²) in [5.74, 6) is 0.954. The molecule has 0 radical (unpaired) electrons. The van der Waals surface area contributed by atoms with Crippen LogP contribution in [0.5, 0.6) is 0 Å². The quantitative estimate of drug-likeness (QED) is 0.863. The summed E-state index contributed by atoms with van der Waals surface area (Å²) in [7, 11) is 0. The molecule has 2 aromatic rings. The molecule has 0 saturated carbocycles. The largest absolute Gasteiger partial charge is 0.351 e. The van der Waals surface area contributed by atoms with Gasteiger partial charge in [-0.15, -0.1) is 14.8 Å². The number of hydrogen-bond acceptors (Lipinski definition) is 6. The highest BCUT2D eigenvalue weighted by molar-refractivity contribution is 5.45. The molecule has 19 heavy (non-hydrogen) atoms. The van der Waals surface area contributed by atoms with Crippen LogP contribution in [0.15, 0.2) is 12.1 Å². The average molecular weight is 261 g/mol. The number of piperidine rings is 1. The molecule has 7 nitrogen and oxygen atoms in total. The summed E-state index contributed by atoms with van der Waals surface area (Å²) in [6, 6.07) is 4.44. The molecule has 0 aromatic carbocycles. The van der Waals surface area contributed by atoms with E-state index in [1.54, 1.807) is 0 Å². The Balaban J connectivity index is 1.88. The maximum Gasteiger partial charge on any atom is 0.200 e. The maximum atomic E-state index is 4.51. The van der Waals surface area contributed by atoms with Gasteiger partial charge in [-0.1, -0.05) is 6.92 Å². The number of rotatable bonds is 4. The highest BCUT2D eigenvalue weighted by atomic mass is 15.6. The van der Waals surface area contributed by atoms with Crippen LogP contribution in [0.25, 0.3) is 5.65 Å². The van der Waals surface area contributed by atoms with Crippen molar-refractivity contribution in [2.24, 2.45) is 0 Å². The second-order valence-corrected chi connectivity index (χ2v) is 4.91. The number of aromatic nitrogens is 5. The number of tetrazole rings is 1. The molecule has 2 aromatic heterocycles. The number of nitrogens with zero attached hydrogens (tertiary/aromatic N) is 6. The minimum Gasteiger partial charge on any atom is -0.351 e. The van der Waals surface area contributed by atoms with Gasteiger partial charge in [-0.05, 0) is 48.4 Å². The molecule has 102 valence electrons. The highest BCUT2D eigenvalue weighted by Crippen LogP contribution is 2.18. The lowest BCUT2D eigenvalue weighted by molar-refractivity contribution is 0.427. The molecule has 1 saturated heterocycles. The van der Waals surface area contributed by atoms with Gasteiger partial charge in [0, 0.05) is 19.1 Å². The highest BCUT2D eigenvalue weighted by Gasteiger charge is 2.22. The van der Waals surface area contributed by atoms with E-state index in [0.29, 0.717) is 11.7 Å². The summed E-state index contributed by atoms with van der Waals surface area (Å²) in [5.41, 5.74) is 0.682. The predicted octanol–water partition coefficient (Wildman–Crippen LogP) is 0.488. The van der Waals surface area contributed by atoms with Crippen molar-refractivity contribution in [2.45, 2.75) is 32.2 Å². The standard InChI is InChI=1S/C12H19N7/c1-2-8-18(10-4-3-7-13-9-10)12-6-5-11-14-16-17-19(11)15-12/h5-6,10,13H,2-4,7-9H2,1H3. The van der Waals surface area contributed by atoms with Crippen molar-refractivity contribution in [3.05, 3.63) is 12.1 Å². The third-order valence-electron chi connectivity index (χ3n) is 3.53. The van der Waals surface area contributed by atoms with Gasteiger partial charge in [0.25, 0.3) is 0 Å². The Kier molecular flexibility index (Phi) is 3.54. The molecule has 1 atom stereocenters. The van der Waals surface area contributed by atoms with Crippen LogP contribution in [0.4, 0.5) is 5.82 Å². The number of nitrogens with one attached hydrogen (secondary N) is 1. The van der Waals surface area contributed by atoms with Gasteiger partial charge in [-0.25, -0.2) is 0 Å². The molecule has 1 aliphatic rings. The van der Waals surface area contributed by atoms with E-state index >= 15 is 0 Å². The molecule has 0 bridgehead atoms. The Bertz CT molecular complexity index is 532. The fourth-order valence-electron chi connectivity index (χ4n) is 2.62. The lowest BCUT2D eigenvalue weighted by Crippen LogP contribution is -2.47. The van der Waals surface area contributed by atoms with Gasteiger partial charge < -0.3 is 10.2 Å². The lowest BCUT2D eigenvalue weighted by Gasteiger charge is -2.35. The number of hydrogen-bond donors (Lipinski definition) is 1. The second-order valence-electron chi connectivity index (χ2n) is 4.91. The van der Waals surface area contributed by atoms with Crippen molar-refractivity contribution in [3.63, 3.8) is 0 Å². The van der Waals surface area contributed by atoms with Gasteiger partial charge in [0.05, 0.1) is 0 Å². The Morgan fingerprint density at radius 1 is 1.47 bits per heavy atom. The molecule has 7 heteroatoms. The van der Waals surface area contributed by atoms with Crippen molar-refractivity contribution in [1.82, 2.24) is 30.6 Å². The third kappa shape index (κ3) is 2.51. The molecular formula is C12H19N7. The van der Waals surface area contributed by atoms with E-state index in [-0.39, 0.29) is 0 Å². The minimum absolute atomic E-state index is 0.509. The number of anilines is 1. The molecule has 1 unspecified atom stereocenters. The summed E-state index contributed by atoms with van der Waals surface area (Å²) in [6.45, 7) is 5.34. The molecule has 3 heterocycles. The van der Waals surface area contributed by atoms with Crippen molar-refractivity contribution in [1.29, 1.82) is 0 Å². The zero-order valence-corrected chi connectivity index (χ0v) is 11.2. The Morgan fingerprint density at radius 2 is 2.42 bits per heavy atom. The van der Waals surface area contributed by atoms with Crippen molar-refractivity contribution in [3.8, 4) is 0 Å². The van der Waals surface area contributed by atoms with Crippen LogP contribution in [-0.4, -0.2) is 50.9 Å². The van der Waals surface area contributed by atoms with Crippen molar-refractivity contribution >= 4 is 11.5 Å². The van der Waals surface area contributed by atoms with Gasteiger partial charge in [0.1, 0.15) is 0 Å². The zero-order chi connectivity index (χ0) is 13.1. The Labute approximate surface area is 112 Å². The molecule has 1 aliphatic heterocycles. The topological polar surface area (TPSA) is 71.2 Å². The van der Waals surface area contributed by atoms with Crippen LogP contribution >= 0.6 is 0 Å². The summed E-state index contributed by atoms with van der Waals surface area (Å²) in [5, 5.41) is 19.4. The summed E-state index contributed by atoms with van der Waals surface area (Å²) < 4.78 is 1.49. The first kappa shape index (κ1) is 12.3. The molecule has 1 fully saturated rings. The summed E-state index contributed by atoms with van der Waals surface area (Å²) in [4.78, 5) is 2.37. The average Bonchev–Trinajstić information content (AvgIpc) is 2.93. The van der Waals surface area contributed by atoms with E-state index in [2.05, 4.69) is 37.8 Å². The number of fused-ring (bicyclic) bond motifs is 1. The predicted molar refractivity (Wildman–Crippen MR) is 72.1 cm³/mol. The van der Waals surface area contributed by atoms with Crippen LogP contribution in [0, 0.1) is 0 Å². The van der Waals surface area contributed by atoms with E-state index in [1.165, 1.54) is 17.5 Å². The van der Waals surface area contributed by atoms with Crippen LogP contribution in [0.3, 0.4) is 0 Å². The first-order valence-corrected chi connectivity index (χ1v) is 6.91. The molecule has 0 amide bonds. The first-order chi connectivity index (χ1) is 9.38. The van der Waals surface area contributed by atoms with E-state index in [9.17, 15) is 0 Å². The SMILES string of the molecule is CCCN(c1ccc2nnnn2n1)C1CCCNC1. The molecule has 0 aliphatic carbocycles. The van der Waals surface area contributed by atoms with Crippen molar-refractivity contribution < 1.29 is 0 Å². The summed E-state index contributed by atoms with van der Waals surface area (Å²) in [6.07, 6.45) is 3.53. The monoisotopic (exact) mass is 261 g/mol. The molecule has 0 spiro atoms. The van der Waals surface area contributed by atoms with Gasteiger partial charge in [0.15, 0.2) is 11.5 Å². The van der Waals surface area contributed by atoms with E-state index in [1.807, 2.05) is 12.1 Å². The smallest absolute Gasteiger partial charge is 0.200 e. The lowest BCUT2D eigenvalue weighted by atomic mass is 10.1.